The average molecular weight is 313 g/mol. The number of nitrogens with zero attached hydrogens (tertiary/aromatic N) is 3. The molecule has 6 nitrogen and oxygen atoms in total. The zero-order chi connectivity index (χ0) is 16.1. The quantitative estimate of drug-likeness (QED) is 0.891. The van der Waals surface area contributed by atoms with E-state index in [4.69, 9.17) is 0 Å². The minimum atomic E-state index is -0.159. The van der Waals surface area contributed by atoms with Gasteiger partial charge in [-0.2, -0.15) is 0 Å². The van der Waals surface area contributed by atoms with Crippen LogP contribution in [-0.4, -0.2) is 20.8 Å². The Hall–Kier alpha value is -2.37. The van der Waals surface area contributed by atoms with Gasteiger partial charge in [-0.3, -0.25) is 0 Å². The Balaban J connectivity index is 1.63. The van der Waals surface area contributed by atoms with Gasteiger partial charge in [-0.1, -0.05) is 43.2 Å². The standard InChI is InChI=1S/C17H23N5O/c1-22-12-19-21-15(22)11-18-17(23)20-16(14-9-5-6-10-14)13-7-3-2-4-8-13/h2-4,7-8,12,14,16H,5-6,9-11H2,1H3,(H2,18,20,23). The number of hydrogen-bond acceptors (Lipinski definition) is 3. The molecule has 2 amide bonds. The third kappa shape index (κ3) is 3.88. The normalized spacial score (nSPS) is 16.2. The highest BCUT2D eigenvalue weighted by molar-refractivity contribution is 5.74. The van der Waals surface area contributed by atoms with Crippen molar-refractivity contribution in [3.05, 3.63) is 48.0 Å². The first-order valence-corrected chi connectivity index (χ1v) is 8.16. The number of hydrogen-bond donors (Lipinski definition) is 2. The molecule has 2 N–H and O–H groups in total. The zero-order valence-electron chi connectivity index (χ0n) is 13.4. The van der Waals surface area contributed by atoms with E-state index in [-0.39, 0.29) is 12.1 Å². The molecule has 1 fully saturated rings. The summed E-state index contributed by atoms with van der Waals surface area (Å²) in [4.78, 5) is 12.3. The first kappa shape index (κ1) is 15.5. The fourth-order valence-corrected chi connectivity index (χ4v) is 3.24. The van der Waals surface area contributed by atoms with Gasteiger partial charge in [-0.25, -0.2) is 4.79 Å². The molecular formula is C17H23N5O. The summed E-state index contributed by atoms with van der Waals surface area (Å²) in [6.07, 6.45) is 6.46. The van der Waals surface area contributed by atoms with E-state index in [1.165, 1.54) is 31.2 Å². The molecule has 23 heavy (non-hydrogen) atoms. The number of carbonyl (C=O) groups is 1. The molecule has 0 bridgehead atoms. The van der Waals surface area contributed by atoms with Crippen LogP contribution in [0.25, 0.3) is 0 Å². The maximum absolute atomic E-state index is 12.3. The molecule has 6 heteroatoms. The van der Waals surface area contributed by atoms with Crippen LogP contribution in [0.3, 0.4) is 0 Å². The van der Waals surface area contributed by atoms with Gasteiger partial charge in [0.15, 0.2) is 5.82 Å². The van der Waals surface area contributed by atoms with Crippen molar-refractivity contribution < 1.29 is 4.79 Å². The molecular weight excluding hydrogens is 290 g/mol. The monoisotopic (exact) mass is 313 g/mol. The van der Waals surface area contributed by atoms with Crippen LogP contribution in [0.2, 0.25) is 0 Å². The number of nitrogens with one attached hydrogen (secondary N) is 2. The Bertz CT molecular complexity index is 633. The van der Waals surface area contributed by atoms with Gasteiger partial charge in [0.05, 0.1) is 12.6 Å². The second kappa shape index (κ2) is 7.26. The lowest BCUT2D eigenvalue weighted by atomic mass is 9.92. The molecule has 3 rings (SSSR count). The van der Waals surface area contributed by atoms with Crippen molar-refractivity contribution >= 4 is 6.03 Å². The third-order valence-corrected chi connectivity index (χ3v) is 4.53. The van der Waals surface area contributed by atoms with Gasteiger partial charge in [0.1, 0.15) is 6.33 Å². The maximum Gasteiger partial charge on any atom is 0.315 e. The van der Waals surface area contributed by atoms with E-state index >= 15 is 0 Å². The number of aromatic nitrogens is 3. The van der Waals surface area contributed by atoms with E-state index in [1.54, 1.807) is 10.9 Å². The molecule has 0 aliphatic heterocycles. The van der Waals surface area contributed by atoms with Crippen LogP contribution in [-0.2, 0) is 13.6 Å². The van der Waals surface area contributed by atoms with Crippen molar-refractivity contribution in [2.75, 3.05) is 0 Å². The van der Waals surface area contributed by atoms with E-state index in [1.807, 2.05) is 25.2 Å². The maximum atomic E-state index is 12.3. The van der Waals surface area contributed by atoms with Gasteiger partial charge in [-0.05, 0) is 24.3 Å². The molecule has 1 heterocycles. The number of carbonyl (C=O) groups excluding carboxylic acids is 1. The molecule has 2 aromatic rings. The van der Waals surface area contributed by atoms with Crippen LogP contribution in [0, 0.1) is 5.92 Å². The average Bonchev–Trinajstić information content (AvgIpc) is 3.23. The van der Waals surface area contributed by atoms with Crippen molar-refractivity contribution in [1.82, 2.24) is 25.4 Å². The highest BCUT2D eigenvalue weighted by Crippen LogP contribution is 2.35. The number of aryl methyl sites for hydroxylation is 1. The van der Waals surface area contributed by atoms with Crippen LogP contribution >= 0.6 is 0 Å². The van der Waals surface area contributed by atoms with Crippen molar-refractivity contribution in [2.45, 2.75) is 38.3 Å². The van der Waals surface area contributed by atoms with Gasteiger partial charge in [-0.15, -0.1) is 10.2 Å². The fraction of sp³-hybridized carbons (Fsp3) is 0.471. The minimum absolute atomic E-state index is 0.0678. The second-order valence-electron chi connectivity index (χ2n) is 6.12. The summed E-state index contributed by atoms with van der Waals surface area (Å²) in [7, 11) is 1.86. The van der Waals surface area contributed by atoms with E-state index in [0.717, 1.165) is 5.82 Å². The predicted molar refractivity (Wildman–Crippen MR) is 87.5 cm³/mol. The number of urea groups is 1. The largest absolute Gasteiger partial charge is 0.331 e. The van der Waals surface area contributed by atoms with Gasteiger partial charge in [0.25, 0.3) is 0 Å². The second-order valence-corrected chi connectivity index (χ2v) is 6.12. The van der Waals surface area contributed by atoms with Gasteiger partial charge >= 0.3 is 6.03 Å². The molecule has 1 saturated carbocycles. The first-order valence-electron chi connectivity index (χ1n) is 8.16. The lowest BCUT2D eigenvalue weighted by Crippen LogP contribution is -2.40. The topological polar surface area (TPSA) is 71.8 Å². The summed E-state index contributed by atoms with van der Waals surface area (Å²) in [6.45, 7) is 0.370. The molecule has 1 aliphatic carbocycles. The van der Waals surface area contributed by atoms with Crippen molar-refractivity contribution in [3.8, 4) is 0 Å². The highest BCUT2D eigenvalue weighted by Gasteiger charge is 2.27. The highest BCUT2D eigenvalue weighted by atomic mass is 16.2. The van der Waals surface area contributed by atoms with Crippen LogP contribution in [0.5, 0.6) is 0 Å². The van der Waals surface area contributed by atoms with Crippen molar-refractivity contribution in [2.24, 2.45) is 13.0 Å². The molecule has 1 aliphatic rings. The van der Waals surface area contributed by atoms with Gasteiger partial charge in [0.2, 0.25) is 0 Å². The summed E-state index contributed by atoms with van der Waals surface area (Å²) in [5.74, 6) is 1.25. The van der Waals surface area contributed by atoms with Gasteiger partial charge < -0.3 is 15.2 Å². The Morgan fingerprint density at radius 3 is 2.70 bits per heavy atom. The summed E-state index contributed by atoms with van der Waals surface area (Å²) in [6, 6.07) is 10.1. The molecule has 122 valence electrons. The number of rotatable bonds is 5. The summed E-state index contributed by atoms with van der Waals surface area (Å²) in [5, 5.41) is 13.8. The van der Waals surface area contributed by atoms with Crippen molar-refractivity contribution in [3.63, 3.8) is 0 Å². The Morgan fingerprint density at radius 2 is 2.04 bits per heavy atom. The van der Waals surface area contributed by atoms with Crippen LogP contribution in [0.4, 0.5) is 4.79 Å². The SMILES string of the molecule is Cn1cnnc1CNC(=O)NC(c1ccccc1)C1CCCC1. The van der Waals surface area contributed by atoms with E-state index in [2.05, 4.69) is 33.0 Å². The molecule has 1 aromatic heterocycles. The molecule has 1 aromatic carbocycles. The van der Waals surface area contributed by atoms with E-state index < -0.39 is 0 Å². The number of amides is 2. The lowest BCUT2D eigenvalue weighted by molar-refractivity contribution is 0.230. The zero-order valence-corrected chi connectivity index (χ0v) is 13.4. The lowest BCUT2D eigenvalue weighted by Gasteiger charge is -2.25. The Kier molecular flexibility index (Phi) is 4.90. The van der Waals surface area contributed by atoms with Crippen molar-refractivity contribution in [1.29, 1.82) is 0 Å². The van der Waals surface area contributed by atoms with E-state index in [9.17, 15) is 4.79 Å². The van der Waals surface area contributed by atoms with Crippen LogP contribution in [0.15, 0.2) is 36.7 Å². The van der Waals surface area contributed by atoms with Crippen LogP contribution < -0.4 is 10.6 Å². The van der Waals surface area contributed by atoms with Gasteiger partial charge in [0, 0.05) is 7.05 Å². The predicted octanol–water partition coefficient (Wildman–Crippen LogP) is 2.55. The molecule has 1 unspecified atom stereocenters. The fourth-order valence-electron chi connectivity index (χ4n) is 3.24. The summed E-state index contributed by atoms with van der Waals surface area (Å²) >= 11 is 0. The Labute approximate surface area is 136 Å². The smallest absolute Gasteiger partial charge is 0.315 e. The summed E-state index contributed by atoms with van der Waals surface area (Å²) in [5.41, 5.74) is 1.17. The molecule has 0 saturated heterocycles. The molecule has 0 spiro atoms. The minimum Gasteiger partial charge on any atom is -0.331 e. The Morgan fingerprint density at radius 1 is 1.30 bits per heavy atom. The molecule has 1 atom stereocenters. The molecule has 0 radical (unpaired) electrons. The first-order chi connectivity index (χ1) is 11.2. The van der Waals surface area contributed by atoms with Crippen LogP contribution in [0.1, 0.15) is 43.1 Å². The third-order valence-electron chi connectivity index (χ3n) is 4.53. The van der Waals surface area contributed by atoms with E-state index in [0.29, 0.717) is 12.5 Å². The summed E-state index contributed by atoms with van der Waals surface area (Å²) < 4.78 is 1.80. The number of benzene rings is 1.